The van der Waals surface area contributed by atoms with Crippen molar-refractivity contribution in [2.24, 2.45) is 0 Å². The molecule has 0 aromatic heterocycles. The Bertz CT molecular complexity index is 524. The minimum atomic E-state index is -2.96. The molecular formula is C14H15F2NO3. The Hall–Kier alpha value is -2.16. The van der Waals surface area contributed by atoms with Crippen molar-refractivity contribution < 1.29 is 23.0 Å². The number of hydrogen-bond acceptors (Lipinski definition) is 4. The summed E-state index contributed by atoms with van der Waals surface area (Å²) >= 11 is 0. The second kappa shape index (κ2) is 7.43. The number of hydrogen-bond donors (Lipinski definition) is 0. The van der Waals surface area contributed by atoms with Crippen molar-refractivity contribution in [1.82, 2.24) is 0 Å². The fourth-order valence-electron chi connectivity index (χ4n) is 1.85. The molecule has 0 heterocycles. The molecule has 0 bridgehead atoms. The average Bonchev–Trinajstić information content (AvgIpc) is 2.39. The van der Waals surface area contributed by atoms with E-state index >= 15 is 0 Å². The minimum absolute atomic E-state index is 0.0606. The molecule has 0 radical (unpaired) electrons. The summed E-state index contributed by atoms with van der Waals surface area (Å²) in [7, 11) is 0. The van der Waals surface area contributed by atoms with Gasteiger partial charge in [-0.15, -0.1) is 0 Å². The predicted molar refractivity (Wildman–Crippen MR) is 67.5 cm³/mol. The highest BCUT2D eigenvalue weighted by Crippen LogP contribution is 2.25. The van der Waals surface area contributed by atoms with Crippen LogP contribution in [0.2, 0.25) is 0 Å². The number of carbonyl (C=O) groups excluding carboxylic acids is 1. The molecule has 0 atom stereocenters. The summed E-state index contributed by atoms with van der Waals surface area (Å²) in [6.07, 6.45) is 0.429. The maximum absolute atomic E-state index is 12.2. The second-order valence-corrected chi connectivity index (χ2v) is 3.93. The van der Waals surface area contributed by atoms with Gasteiger partial charge < -0.3 is 9.47 Å². The van der Waals surface area contributed by atoms with Crippen molar-refractivity contribution in [1.29, 1.82) is 5.26 Å². The molecule has 6 heteroatoms. The first-order valence-corrected chi connectivity index (χ1v) is 6.18. The first-order valence-electron chi connectivity index (χ1n) is 6.18. The molecule has 0 aliphatic heterocycles. The number of rotatable bonds is 6. The van der Waals surface area contributed by atoms with Crippen molar-refractivity contribution in [3.05, 3.63) is 28.8 Å². The topological polar surface area (TPSA) is 59.3 Å². The lowest BCUT2D eigenvalue weighted by Gasteiger charge is -2.13. The summed E-state index contributed by atoms with van der Waals surface area (Å²) in [5, 5.41) is 9.09. The second-order valence-electron chi connectivity index (χ2n) is 3.93. The summed E-state index contributed by atoms with van der Waals surface area (Å²) in [5.41, 5.74) is 1.26. The van der Waals surface area contributed by atoms with Crippen LogP contribution in [0.25, 0.3) is 0 Å². The van der Waals surface area contributed by atoms with Crippen LogP contribution in [0.1, 0.15) is 30.5 Å². The Morgan fingerprint density at radius 2 is 2.10 bits per heavy atom. The largest absolute Gasteiger partial charge is 0.466 e. The van der Waals surface area contributed by atoms with Gasteiger partial charge >= 0.3 is 12.6 Å². The molecule has 0 saturated heterocycles. The highest BCUT2D eigenvalue weighted by molar-refractivity contribution is 5.74. The van der Waals surface area contributed by atoms with Crippen LogP contribution in [0.4, 0.5) is 8.78 Å². The van der Waals surface area contributed by atoms with Crippen LogP contribution >= 0.6 is 0 Å². The summed E-state index contributed by atoms with van der Waals surface area (Å²) < 4.78 is 33.6. The smallest absolute Gasteiger partial charge is 0.387 e. The van der Waals surface area contributed by atoms with E-state index in [0.717, 1.165) is 0 Å². The molecule has 4 nitrogen and oxygen atoms in total. The molecule has 0 fully saturated rings. The molecule has 0 unspecified atom stereocenters. The van der Waals surface area contributed by atoms with E-state index in [9.17, 15) is 13.6 Å². The summed E-state index contributed by atoms with van der Waals surface area (Å²) in [6.45, 7) is 0.775. The number of benzene rings is 1. The third-order valence-electron chi connectivity index (χ3n) is 2.67. The van der Waals surface area contributed by atoms with Gasteiger partial charge in [-0.25, -0.2) is 0 Å². The first kappa shape index (κ1) is 15.9. The van der Waals surface area contributed by atoms with Gasteiger partial charge in [0.05, 0.1) is 24.7 Å². The molecular weight excluding hydrogens is 268 g/mol. The molecule has 1 aromatic rings. The SMILES string of the molecule is CCOC(=O)Cc1c(C#N)cc(OC(F)F)cc1CC. The molecule has 0 saturated carbocycles. The Morgan fingerprint density at radius 3 is 2.60 bits per heavy atom. The molecule has 0 spiro atoms. The molecule has 1 rings (SSSR count). The monoisotopic (exact) mass is 283 g/mol. The van der Waals surface area contributed by atoms with Crippen LogP contribution in [0.3, 0.4) is 0 Å². The zero-order chi connectivity index (χ0) is 15.1. The summed E-state index contributed by atoms with van der Waals surface area (Å²) in [5.74, 6) is -0.540. The third kappa shape index (κ3) is 4.19. The Kier molecular flexibility index (Phi) is 5.91. The molecule has 1 aromatic carbocycles. The molecule has 0 aliphatic rings. The lowest BCUT2D eigenvalue weighted by Crippen LogP contribution is -2.11. The number of alkyl halides is 2. The average molecular weight is 283 g/mol. The maximum Gasteiger partial charge on any atom is 0.387 e. The lowest BCUT2D eigenvalue weighted by atomic mass is 9.96. The maximum atomic E-state index is 12.2. The Balaban J connectivity index is 3.15. The highest BCUT2D eigenvalue weighted by atomic mass is 19.3. The van der Waals surface area contributed by atoms with E-state index in [4.69, 9.17) is 10.00 Å². The van der Waals surface area contributed by atoms with Gasteiger partial charge in [-0.2, -0.15) is 14.0 Å². The van der Waals surface area contributed by atoms with Crippen LogP contribution in [-0.4, -0.2) is 19.2 Å². The van der Waals surface area contributed by atoms with E-state index in [1.54, 1.807) is 13.8 Å². The first-order chi connectivity index (χ1) is 9.51. The van der Waals surface area contributed by atoms with Crippen molar-refractivity contribution in [3.8, 4) is 11.8 Å². The molecule has 20 heavy (non-hydrogen) atoms. The van der Waals surface area contributed by atoms with Gasteiger partial charge in [0.25, 0.3) is 0 Å². The van der Waals surface area contributed by atoms with E-state index in [1.165, 1.54) is 12.1 Å². The number of esters is 1. The van der Waals surface area contributed by atoms with Crippen LogP contribution < -0.4 is 4.74 Å². The Labute approximate surface area is 115 Å². The van der Waals surface area contributed by atoms with Crippen molar-refractivity contribution in [2.75, 3.05) is 6.61 Å². The fraction of sp³-hybridized carbons (Fsp3) is 0.429. The van der Waals surface area contributed by atoms with Crippen LogP contribution in [0.5, 0.6) is 5.75 Å². The number of halogens is 2. The van der Waals surface area contributed by atoms with Crippen LogP contribution in [-0.2, 0) is 22.4 Å². The molecule has 0 amide bonds. The van der Waals surface area contributed by atoms with E-state index in [-0.39, 0.29) is 24.3 Å². The van der Waals surface area contributed by atoms with Crippen LogP contribution in [0, 0.1) is 11.3 Å². The Morgan fingerprint density at radius 1 is 1.40 bits per heavy atom. The molecule has 108 valence electrons. The predicted octanol–water partition coefficient (Wildman–Crippen LogP) is 2.83. The fourth-order valence-corrected chi connectivity index (χ4v) is 1.85. The van der Waals surface area contributed by atoms with Crippen molar-refractivity contribution in [3.63, 3.8) is 0 Å². The van der Waals surface area contributed by atoms with Crippen LogP contribution in [0.15, 0.2) is 12.1 Å². The van der Waals surface area contributed by atoms with Gasteiger partial charge in [-0.05, 0) is 36.6 Å². The standard InChI is InChI=1S/C14H15F2NO3/c1-3-9-5-11(20-14(15)16)6-10(8-17)12(9)7-13(18)19-4-2/h5-6,14H,3-4,7H2,1-2H3. The van der Waals surface area contributed by atoms with Gasteiger partial charge in [0, 0.05) is 0 Å². The van der Waals surface area contributed by atoms with E-state index < -0.39 is 12.6 Å². The quantitative estimate of drug-likeness (QED) is 0.753. The lowest BCUT2D eigenvalue weighted by molar-refractivity contribution is -0.142. The van der Waals surface area contributed by atoms with E-state index in [0.29, 0.717) is 17.5 Å². The number of ether oxygens (including phenoxy) is 2. The van der Waals surface area contributed by atoms with Gasteiger partial charge in [0.2, 0.25) is 0 Å². The van der Waals surface area contributed by atoms with Crippen molar-refractivity contribution >= 4 is 5.97 Å². The summed E-state index contributed by atoms with van der Waals surface area (Å²) in [6, 6.07) is 4.53. The zero-order valence-corrected chi connectivity index (χ0v) is 11.3. The normalized spacial score (nSPS) is 10.2. The van der Waals surface area contributed by atoms with E-state index in [1.807, 2.05) is 6.07 Å². The number of carbonyl (C=O) groups is 1. The van der Waals surface area contributed by atoms with Gasteiger partial charge in [0.1, 0.15) is 5.75 Å². The van der Waals surface area contributed by atoms with Gasteiger partial charge in [-0.1, -0.05) is 6.92 Å². The molecule has 0 N–H and O–H groups in total. The van der Waals surface area contributed by atoms with Gasteiger partial charge in [0.15, 0.2) is 0 Å². The zero-order valence-electron chi connectivity index (χ0n) is 11.3. The third-order valence-corrected chi connectivity index (χ3v) is 2.67. The highest BCUT2D eigenvalue weighted by Gasteiger charge is 2.16. The van der Waals surface area contributed by atoms with Gasteiger partial charge in [-0.3, -0.25) is 4.79 Å². The number of nitriles is 1. The van der Waals surface area contributed by atoms with Crippen molar-refractivity contribution in [2.45, 2.75) is 33.3 Å². The molecule has 0 aliphatic carbocycles. The number of aryl methyl sites for hydroxylation is 1. The van der Waals surface area contributed by atoms with E-state index in [2.05, 4.69) is 4.74 Å². The minimum Gasteiger partial charge on any atom is -0.466 e. The number of nitrogens with zero attached hydrogens (tertiary/aromatic N) is 1. The summed E-state index contributed by atoms with van der Waals surface area (Å²) in [4.78, 5) is 11.5.